The van der Waals surface area contributed by atoms with E-state index in [4.69, 9.17) is 9.47 Å². The number of benzene rings is 1. The van der Waals surface area contributed by atoms with Gasteiger partial charge in [-0.2, -0.15) is 0 Å². The number of pyridine rings is 1. The van der Waals surface area contributed by atoms with Crippen LogP contribution in [0.25, 0.3) is 0 Å². The molecule has 2 aliphatic rings. The van der Waals surface area contributed by atoms with Gasteiger partial charge in [-0.15, -0.1) is 0 Å². The van der Waals surface area contributed by atoms with E-state index in [9.17, 15) is 19.7 Å². The summed E-state index contributed by atoms with van der Waals surface area (Å²) in [6.45, 7) is 7.30. The molecule has 3 heterocycles. The Bertz CT molecular complexity index is 1290. The molecule has 37 heavy (non-hydrogen) atoms. The first-order valence-corrected chi connectivity index (χ1v) is 12.0. The summed E-state index contributed by atoms with van der Waals surface area (Å²) in [7, 11) is 1.26. The van der Waals surface area contributed by atoms with Crippen molar-refractivity contribution in [1.82, 2.24) is 15.2 Å². The molecule has 1 aromatic carbocycles. The molecule has 10 heteroatoms. The highest BCUT2D eigenvalue weighted by Crippen LogP contribution is 2.41. The molecule has 1 aromatic heterocycles. The molecule has 1 saturated heterocycles. The van der Waals surface area contributed by atoms with Gasteiger partial charge in [-0.05, 0) is 38.0 Å². The lowest BCUT2D eigenvalue weighted by Crippen LogP contribution is -2.38. The van der Waals surface area contributed by atoms with Crippen LogP contribution in [-0.2, 0) is 25.6 Å². The summed E-state index contributed by atoms with van der Waals surface area (Å²) in [6.07, 6.45) is 4.18. The van der Waals surface area contributed by atoms with Crippen molar-refractivity contribution in [2.75, 3.05) is 20.2 Å². The molecule has 0 amide bonds. The van der Waals surface area contributed by atoms with Crippen molar-refractivity contribution in [1.29, 1.82) is 0 Å². The molecule has 0 saturated carbocycles. The Hall–Kier alpha value is -4.05. The number of ether oxygens (including phenoxy) is 2. The Kier molecular flexibility index (Phi) is 7.40. The molecule has 1 fully saturated rings. The van der Waals surface area contributed by atoms with Gasteiger partial charge in [0.2, 0.25) is 0 Å². The number of nitro groups is 1. The maximum atomic E-state index is 13.7. The van der Waals surface area contributed by atoms with Gasteiger partial charge in [-0.1, -0.05) is 18.2 Å². The van der Waals surface area contributed by atoms with Gasteiger partial charge in [0, 0.05) is 62.0 Å². The van der Waals surface area contributed by atoms with Crippen LogP contribution in [0.15, 0.2) is 71.3 Å². The number of allylic oxidation sites excluding steroid dienone is 2. The average molecular weight is 507 g/mol. The third kappa shape index (κ3) is 5.54. The van der Waals surface area contributed by atoms with Gasteiger partial charge in [0.05, 0.1) is 29.1 Å². The summed E-state index contributed by atoms with van der Waals surface area (Å²) in [5.74, 6) is -2.10. The van der Waals surface area contributed by atoms with Crippen LogP contribution in [0.2, 0.25) is 0 Å². The molecule has 0 bridgehead atoms. The number of non-ortho nitro benzene ring substituents is 1. The monoisotopic (exact) mass is 506 g/mol. The highest BCUT2D eigenvalue weighted by molar-refractivity contribution is 6.00. The zero-order chi connectivity index (χ0) is 26.7. The van der Waals surface area contributed by atoms with Crippen LogP contribution in [0.4, 0.5) is 5.69 Å². The minimum Gasteiger partial charge on any atom is -0.466 e. The van der Waals surface area contributed by atoms with Gasteiger partial charge in [0.15, 0.2) is 0 Å². The van der Waals surface area contributed by atoms with E-state index in [1.165, 1.54) is 25.3 Å². The van der Waals surface area contributed by atoms with Gasteiger partial charge < -0.3 is 14.8 Å². The summed E-state index contributed by atoms with van der Waals surface area (Å²) < 4.78 is 11.1. The second kappa shape index (κ2) is 10.5. The van der Waals surface area contributed by atoms with Crippen LogP contribution in [0.5, 0.6) is 0 Å². The van der Waals surface area contributed by atoms with Crippen LogP contribution >= 0.6 is 0 Å². The van der Waals surface area contributed by atoms with Crippen LogP contribution in [0.1, 0.15) is 44.2 Å². The zero-order valence-electron chi connectivity index (χ0n) is 21.3. The van der Waals surface area contributed by atoms with Gasteiger partial charge in [0.1, 0.15) is 5.60 Å². The van der Waals surface area contributed by atoms with E-state index >= 15 is 0 Å². The highest BCUT2D eigenvalue weighted by atomic mass is 16.6. The Morgan fingerprint density at radius 3 is 2.57 bits per heavy atom. The minimum absolute atomic E-state index is 0.142. The number of carbonyl (C=O) groups excluding carboxylic acids is 2. The summed E-state index contributed by atoms with van der Waals surface area (Å²) in [5.41, 5.74) is 2.05. The number of aromatic nitrogens is 1. The first kappa shape index (κ1) is 26.0. The van der Waals surface area contributed by atoms with Crippen molar-refractivity contribution in [2.45, 2.75) is 45.3 Å². The number of hydrogen-bond acceptors (Lipinski definition) is 9. The smallest absolute Gasteiger partial charge is 0.337 e. The molecule has 194 valence electrons. The van der Waals surface area contributed by atoms with Crippen LogP contribution in [0.3, 0.4) is 0 Å². The molecule has 1 N–H and O–H groups in total. The lowest BCUT2D eigenvalue weighted by Gasteiger charge is -2.32. The fourth-order valence-electron chi connectivity index (χ4n) is 5.07. The first-order valence-electron chi connectivity index (χ1n) is 12.0. The van der Waals surface area contributed by atoms with E-state index in [0.717, 1.165) is 12.1 Å². The number of esters is 2. The third-order valence-electron chi connectivity index (χ3n) is 6.78. The number of dihydropyridines is 1. The number of hydrogen-bond donors (Lipinski definition) is 1. The van der Waals surface area contributed by atoms with Gasteiger partial charge in [0.25, 0.3) is 5.69 Å². The fourth-order valence-corrected chi connectivity index (χ4v) is 5.07. The van der Waals surface area contributed by atoms with Crippen molar-refractivity contribution in [2.24, 2.45) is 0 Å². The predicted octanol–water partition coefficient (Wildman–Crippen LogP) is 3.61. The van der Waals surface area contributed by atoms with Crippen molar-refractivity contribution in [3.05, 3.63) is 92.6 Å². The van der Waals surface area contributed by atoms with Crippen LogP contribution in [-0.4, -0.2) is 52.5 Å². The van der Waals surface area contributed by atoms with Gasteiger partial charge in [-0.25, -0.2) is 9.59 Å². The normalized spacial score (nSPS) is 22.0. The zero-order valence-corrected chi connectivity index (χ0v) is 21.3. The van der Waals surface area contributed by atoms with Crippen molar-refractivity contribution < 1.29 is 24.0 Å². The number of nitrogens with zero attached hydrogens (tertiary/aromatic N) is 3. The summed E-state index contributed by atoms with van der Waals surface area (Å²) in [6, 6.07) is 9.82. The lowest BCUT2D eigenvalue weighted by molar-refractivity contribution is -0.384. The van der Waals surface area contributed by atoms with Crippen LogP contribution < -0.4 is 5.32 Å². The number of methoxy groups -OCH3 is 1. The van der Waals surface area contributed by atoms with E-state index in [1.54, 1.807) is 26.1 Å². The maximum absolute atomic E-state index is 13.7. The highest BCUT2D eigenvalue weighted by Gasteiger charge is 2.42. The summed E-state index contributed by atoms with van der Waals surface area (Å²) in [5, 5.41) is 14.6. The Labute approximate surface area is 215 Å². The van der Waals surface area contributed by atoms with E-state index in [0.29, 0.717) is 36.5 Å². The molecule has 10 nitrogen and oxygen atoms in total. The number of nitro benzene ring substituents is 1. The van der Waals surface area contributed by atoms with E-state index in [-0.39, 0.29) is 16.8 Å². The van der Waals surface area contributed by atoms with Crippen LogP contribution in [0, 0.1) is 10.1 Å². The molecule has 0 aliphatic carbocycles. The van der Waals surface area contributed by atoms with Crippen molar-refractivity contribution in [3.63, 3.8) is 0 Å². The number of carbonyl (C=O) groups is 2. The Balaban J connectivity index is 1.64. The molecule has 2 atom stereocenters. The predicted molar refractivity (Wildman–Crippen MR) is 135 cm³/mol. The van der Waals surface area contributed by atoms with Crippen molar-refractivity contribution >= 4 is 17.6 Å². The summed E-state index contributed by atoms with van der Waals surface area (Å²) >= 11 is 0. The largest absolute Gasteiger partial charge is 0.466 e. The number of rotatable bonds is 7. The van der Waals surface area contributed by atoms with Crippen molar-refractivity contribution in [3.8, 4) is 0 Å². The Morgan fingerprint density at radius 1 is 1.19 bits per heavy atom. The van der Waals surface area contributed by atoms with E-state index < -0.39 is 28.4 Å². The fraction of sp³-hybridized carbons (Fsp3) is 0.370. The molecular formula is C27H30N4O6. The molecule has 0 radical (unpaired) electrons. The SMILES string of the molecule is COC(=O)C1=C(C)NC(C)=C(C(=O)OC2(C)CCN(Cc3cccnc3)C2)C1c1cccc([N+](=O)[O-])c1. The molecule has 2 unspecified atom stereocenters. The van der Waals surface area contributed by atoms with Gasteiger partial charge >= 0.3 is 11.9 Å². The number of likely N-dealkylation sites (tertiary alicyclic amines) is 1. The second-order valence-corrected chi connectivity index (χ2v) is 9.64. The van der Waals surface area contributed by atoms with E-state index in [1.807, 2.05) is 25.3 Å². The molecule has 0 spiro atoms. The van der Waals surface area contributed by atoms with E-state index in [2.05, 4.69) is 15.2 Å². The van der Waals surface area contributed by atoms with Gasteiger partial charge in [-0.3, -0.25) is 20.0 Å². The number of nitrogens with one attached hydrogen (secondary N) is 1. The second-order valence-electron chi connectivity index (χ2n) is 9.64. The lowest BCUT2D eigenvalue weighted by atomic mass is 9.80. The third-order valence-corrected chi connectivity index (χ3v) is 6.78. The minimum atomic E-state index is -0.891. The molecule has 2 aromatic rings. The molecular weight excluding hydrogens is 476 g/mol. The first-order chi connectivity index (χ1) is 17.6. The molecule has 4 rings (SSSR count). The topological polar surface area (TPSA) is 124 Å². The Morgan fingerprint density at radius 2 is 1.92 bits per heavy atom. The quantitative estimate of drug-likeness (QED) is 0.341. The molecule has 2 aliphatic heterocycles. The summed E-state index contributed by atoms with van der Waals surface area (Å²) in [4.78, 5) is 43.9. The average Bonchev–Trinajstić information content (AvgIpc) is 3.23. The standard InChI is InChI=1S/C27H30N4O6/c1-17-22(25(32)36-4)24(20-8-5-9-21(13-20)31(34)35)23(18(2)29-17)26(33)37-27(3)10-12-30(16-27)15-19-7-6-11-28-14-19/h5-9,11,13-14,24,29H,10,12,15-16H2,1-4H3. The maximum Gasteiger partial charge on any atom is 0.337 e.